The zero-order valence-electron chi connectivity index (χ0n) is 13.1. The highest BCUT2D eigenvalue weighted by molar-refractivity contribution is 5.75. The number of esters is 1. The van der Waals surface area contributed by atoms with Crippen molar-refractivity contribution in [2.75, 3.05) is 47.3 Å². The highest BCUT2D eigenvalue weighted by Gasteiger charge is 2.19. The monoisotopic (exact) mass is 291 g/mol. The molecule has 0 aromatic carbocycles. The third-order valence-electron chi connectivity index (χ3n) is 2.58. The fraction of sp³-hybridized carbons (Fsp3) is 0.929. The lowest BCUT2D eigenvalue weighted by Crippen LogP contribution is -2.42. The van der Waals surface area contributed by atoms with E-state index in [0.29, 0.717) is 39.5 Å². The van der Waals surface area contributed by atoms with E-state index in [1.807, 2.05) is 13.8 Å². The Morgan fingerprint density at radius 1 is 1.00 bits per heavy atom. The first-order chi connectivity index (χ1) is 9.61. The number of hydrogen-bond donors (Lipinski definition) is 1. The van der Waals surface area contributed by atoms with Crippen LogP contribution >= 0.6 is 0 Å². The standard InChI is InChI=1S/C14H29NO5/c1-12(2)15-13(14(16)18-4)6-9-19-7-5-8-20-11-10-17-3/h12-13,15H,5-11H2,1-4H3. The normalized spacial score (nSPS) is 12.7. The van der Waals surface area contributed by atoms with Gasteiger partial charge in [0.1, 0.15) is 6.04 Å². The molecule has 0 amide bonds. The summed E-state index contributed by atoms with van der Waals surface area (Å²) in [6, 6.07) is -0.0776. The molecule has 0 saturated carbocycles. The van der Waals surface area contributed by atoms with Crippen LogP contribution in [-0.2, 0) is 23.7 Å². The molecule has 0 spiro atoms. The van der Waals surface area contributed by atoms with Crippen LogP contribution in [0, 0.1) is 0 Å². The van der Waals surface area contributed by atoms with E-state index in [1.165, 1.54) is 7.11 Å². The van der Waals surface area contributed by atoms with Gasteiger partial charge in [0.25, 0.3) is 0 Å². The molecule has 0 aliphatic rings. The summed E-state index contributed by atoms with van der Waals surface area (Å²) in [5, 5.41) is 3.16. The molecular formula is C14H29NO5. The van der Waals surface area contributed by atoms with Crippen molar-refractivity contribution in [1.29, 1.82) is 0 Å². The first-order valence-electron chi connectivity index (χ1n) is 7.10. The molecule has 0 fully saturated rings. The van der Waals surface area contributed by atoms with Gasteiger partial charge in [-0.05, 0) is 12.8 Å². The maximum Gasteiger partial charge on any atom is 0.322 e. The molecule has 0 aliphatic carbocycles. The molecule has 0 aromatic heterocycles. The number of ether oxygens (including phenoxy) is 4. The van der Waals surface area contributed by atoms with E-state index >= 15 is 0 Å². The van der Waals surface area contributed by atoms with Crippen LogP contribution in [0.4, 0.5) is 0 Å². The summed E-state index contributed by atoms with van der Waals surface area (Å²) in [6.07, 6.45) is 1.44. The number of carbonyl (C=O) groups excluding carboxylic acids is 1. The summed E-state index contributed by atoms with van der Waals surface area (Å²) in [5.41, 5.74) is 0. The molecule has 6 heteroatoms. The van der Waals surface area contributed by atoms with Gasteiger partial charge < -0.3 is 24.3 Å². The Hall–Kier alpha value is -0.690. The van der Waals surface area contributed by atoms with Gasteiger partial charge in [-0.1, -0.05) is 13.8 Å². The molecule has 1 N–H and O–H groups in total. The van der Waals surface area contributed by atoms with E-state index in [4.69, 9.17) is 18.9 Å². The second-order valence-corrected chi connectivity index (χ2v) is 4.76. The largest absolute Gasteiger partial charge is 0.468 e. The van der Waals surface area contributed by atoms with Gasteiger partial charge in [0.05, 0.1) is 20.3 Å². The van der Waals surface area contributed by atoms with Gasteiger partial charge in [-0.25, -0.2) is 0 Å². The Labute approximate surface area is 122 Å². The first-order valence-corrected chi connectivity index (χ1v) is 7.10. The molecule has 0 aromatic rings. The average molecular weight is 291 g/mol. The van der Waals surface area contributed by atoms with E-state index in [0.717, 1.165) is 6.42 Å². The van der Waals surface area contributed by atoms with Gasteiger partial charge in [-0.3, -0.25) is 4.79 Å². The molecule has 0 bridgehead atoms. The van der Waals surface area contributed by atoms with Crippen molar-refractivity contribution in [1.82, 2.24) is 5.32 Å². The maximum absolute atomic E-state index is 11.5. The molecule has 120 valence electrons. The molecule has 0 heterocycles. The van der Waals surface area contributed by atoms with Gasteiger partial charge in [0, 0.05) is 33.0 Å². The van der Waals surface area contributed by atoms with Crippen LogP contribution in [-0.4, -0.2) is 65.3 Å². The highest BCUT2D eigenvalue weighted by Crippen LogP contribution is 1.99. The minimum atomic E-state index is -0.307. The van der Waals surface area contributed by atoms with Crippen LogP contribution in [0.5, 0.6) is 0 Å². The summed E-state index contributed by atoms with van der Waals surface area (Å²) in [7, 11) is 3.05. The van der Waals surface area contributed by atoms with Crippen molar-refractivity contribution < 1.29 is 23.7 Å². The predicted octanol–water partition coefficient (Wildman–Crippen LogP) is 0.986. The SMILES string of the molecule is COCCOCCCOCCC(NC(C)C)C(=O)OC. The van der Waals surface area contributed by atoms with Crippen molar-refractivity contribution in [3.8, 4) is 0 Å². The van der Waals surface area contributed by atoms with E-state index in [-0.39, 0.29) is 18.1 Å². The maximum atomic E-state index is 11.5. The van der Waals surface area contributed by atoms with E-state index in [2.05, 4.69) is 5.32 Å². The third-order valence-corrected chi connectivity index (χ3v) is 2.58. The van der Waals surface area contributed by atoms with Crippen molar-refractivity contribution >= 4 is 5.97 Å². The first kappa shape index (κ1) is 19.3. The summed E-state index contributed by atoms with van der Waals surface area (Å²) in [6.45, 7) is 7.03. The minimum Gasteiger partial charge on any atom is -0.468 e. The van der Waals surface area contributed by atoms with Gasteiger partial charge in [-0.15, -0.1) is 0 Å². The lowest BCUT2D eigenvalue weighted by molar-refractivity contribution is -0.143. The summed E-state index contributed by atoms with van der Waals surface area (Å²) in [4.78, 5) is 11.5. The quantitative estimate of drug-likeness (QED) is 0.403. The molecule has 0 radical (unpaired) electrons. The van der Waals surface area contributed by atoms with Crippen molar-refractivity contribution in [2.24, 2.45) is 0 Å². The minimum absolute atomic E-state index is 0.230. The molecular weight excluding hydrogens is 262 g/mol. The highest BCUT2D eigenvalue weighted by atomic mass is 16.5. The van der Waals surface area contributed by atoms with Crippen LogP contribution in [0.25, 0.3) is 0 Å². The molecule has 20 heavy (non-hydrogen) atoms. The number of rotatable bonds is 13. The second-order valence-electron chi connectivity index (χ2n) is 4.76. The van der Waals surface area contributed by atoms with Crippen LogP contribution < -0.4 is 5.32 Å². The molecule has 6 nitrogen and oxygen atoms in total. The summed E-state index contributed by atoms with van der Waals surface area (Å²) in [5.74, 6) is -0.245. The van der Waals surface area contributed by atoms with Crippen molar-refractivity contribution in [3.63, 3.8) is 0 Å². The van der Waals surface area contributed by atoms with Crippen LogP contribution in [0.2, 0.25) is 0 Å². The average Bonchev–Trinajstić information content (AvgIpc) is 2.43. The smallest absolute Gasteiger partial charge is 0.322 e. The van der Waals surface area contributed by atoms with Gasteiger partial charge in [0.2, 0.25) is 0 Å². The number of nitrogens with one attached hydrogen (secondary N) is 1. The Balaban J connectivity index is 3.56. The fourth-order valence-corrected chi connectivity index (χ4v) is 1.62. The van der Waals surface area contributed by atoms with E-state index in [9.17, 15) is 4.79 Å². The zero-order chi connectivity index (χ0) is 15.2. The van der Waals surface area contributed by atoms with E-state index in [1.54, 1.807) is 7.11 Å². The molecule has 0 saturated heterocycles. The lowest BCUT2D eigenvalue weighted by atomic mass is 10.2. The van der Waals surface area contributed by atoms with Crippen molar-refractivity contribution in [3.05, 3.63) is 0 Å². The third kappa shape index (κ3) is 11.2. The number of methoxy groups -OCH3 is 2. The Kier molecular flexibility index (Phi) is 12.8. The van der Waals surface area contributed by atoms with Crippen molar-refractivity contribution in [2.45, 2.75) is 38.8 Å². The van der Waals surface area contributed by atoms with Gasteiger partial charge in [0.15, 0.2) is 0 Å². The molecule has 1 atom stereocenters. The molecule has 0 aliphatic heterocycles. The van der Waals surface area contributed by atoms with Gasteiger partial charge >= 0.3 is 5.97 Å². The zero-order valence-corrected chi connectivity index (χ0v) is 13.1. The molecule has 1 unspecified atom stereocenters. The topological polar surface area (TPSA) is 66.0 Å². The van der Waals surface area contributed by atoms with Crippen LogP contribution in [0.15, 0.2) is 0 Å². The van der Waals surface area contributed by atoms with E-state index < -0.39 is 0 Å². The van der Waals surface area contributed by atoms with Crippen LogP contribution in [0.3, 0.4) is 0 Å². The molecule has 0 rings (SSSR count). The summed E-state index contributed by atoms with van der Waals surface area (Å²) < 4.78 is 20.4. The Bertz CT molecular complexity index is 236. The Morgan fingerprint density at radius 2 is 1.65 bits per heavy atom. The predicted molar refractivity (Wildman–Crippen MR) is 76.8 cm³/mol. The lowest BCUT2D eigenvalue weighted by Gasteiger charge is -2.18. The van der Waals surface area contributed by atoms with Crippen LogP contribution in [0.1, 0.15) is 26.7 Å². The summed E-state index contributed by atoms with van der Waals surface area (Å²) >= 11 is 0. The number of hydrogen-bond acceptors (Lipinski definition) is 6. The fourth-order valence-electron chi connectivity index (χ4n) is 1.62. The van der Waals surface area contributed by atoms with Gasteiger partial charge in [-0.2, -0.15) is 0 Å². The Morgan fingerprint density at radius 3 is 2.20 bits per heavy atom. The second kappa shape index (κ2) is 13.3. The number of carbonyl (C=O) groups is 1.